The van der Waals surface area contributed by atoms with Crippen LogP contribution in [0.2, 0.25) is 0 Å². The van der Waals surface area contributed by atoms with Crippen molar-refractivity contribution >= 4 is 5.97 Å². The van der Waals surface area contributed by atoms with Crippen molar-refractivity contribution in [2.24, 2.45) is 0 Å². The van der Waals surface area contributed by atoms with Gasteiger partial charge in [0, 0.05) is 0 Å². The first-order valence-corrected chi connectivity index (χ1v) is 7.26. The number of carboxylic acids is 1. The van der Waals surface area contributed by atoms with Crippen LogP contribution in [0.4, 0.5) is 74.6 Å². The largest absolute Gasteiger partial charge is 0.545 e. The Bertz CT molecular complexity index is 746. The molecule has 190 valence electrons. The molecular weight excluding hydrogens is 511 g/mol. The first kappa shape index (κ1) is 30.0. The SMILES string of the molecule is CCC(=CC(F)(F)C(F)(F)C(F)(F)C(F)(F)C(F)(F)C(F)(F)C(F)(F)C(F)(F)F)C(=O)[O-]. The van der Waals surface area contributed by atoms with Gasteiger partial charge >= 0.3 is 47.6 Å². The van der Waals surface area contributed by atoms with Crippen LogP contribution in [0.5, 0.6) is 0 Å². The summed E-state index contributed by atoms with van der Waals surface area (Å²) in [5, 5.41) is 10.4. The molecule has 0 bridgehead atoms. The zero-order valence-electron chi connectivity index (χ0n) is 14.5. The third-order valence-electron chi connectivity index (χ3n) is 3.74. The average Bonchev–Trinajstić information content (AvgIpc) is 2.57. The van der Waals surface area contributed by atoms with Crippen LogP contribution in [0, 0.1) is 0 Å². The van der Waals surface area contributed by atoms with Gasteiger partial charge in [-0.05, 0) is 18.1 Å². The highest BCUT2D eigenvalue weighted by atomic mass is 19.4. The van der Waals surface area contributed by atoms with Crippen molar-refractivity contribution in [1.29, 1.82) is 0 Å². The maximum absolute atomic E-state index is 13.5. The lowest BCUT2D eigenvalue weighted by molar-refractivity contribution is -0.459. The second-order valence-corrected chi connectivity index (χ2v) is 5.88. The molecule has 0 aliphatic heterocycles. The number of allylic oxidation sites excluding steroid dienone is 1. The van der Waals surface area contributed by atoms with E-state index in [1.54, 1.807) is 0 Å². The van der Waals surface area contributed by atoms with E-state index in [0.717, 1.165) is 0 Å². The minimum Gasteiger partial charge on any atom is -0.545 e. The van der Waals surface area contributed by atoms with Crippen molar-refractivity contribution in [1.82, 2.24) is 0 Å². The number of halogens is 17. The molecule has 0 aliphatic rings. The first-order chi connectivity index (χ1) is 13.6. The molecule has 0 saturated carbocycles. The highest BCUT2D eigenvalue weighted by Gasteiger charge is 2.95. The Labute approximate surface area is 164 Å². The maximum Gasteiger partial charge on any atom is 0.460 e. The van der Waals surface area contributed by atoms with Gasteiger partial charge in [-0.15, -0.1) is 0 Å². The second kappa shape index (κ2) is 7.81. The molecule has 0 aliphatic carbocycles. The van der Waals surface area contributed by atoms with Crippen LogP contribution >= 0.6 is 0 Å². The number of carbonyl (C=O) groups excluding carboxylic acids is 1. The van der Waals surface area contributed by atoms with Gasteiger partial charge in [0.25, 0.3) is 0 Å². The van der Waals surface area contributed by atoms with E-state index in [0.29, 0.717) is 6.92 Å². The lowest BCUT2D eigenvalue weighted by atomic mass is 9.88. The number of rotatable bonds is 9. The van der Waals surface area contributed by atoms with E-state index in [1.807, 2.05) is 0 Å². The van der Waals surface area contributed by atoms with Gasteiger partial charge < -0.3 is 9.90 Å². The highest BCUT2D eigenvalue weighted by molar-refractivity contribution is 5.84. The lowest BCUT2D eigenvalue weighted by Gasteiger charge is -2.42. The monoisotopic (exact) mass is 517 g/mol. The van der Waals surface area contributed by atoms with Crippen LogP contribution in [0.25, 0.3) is 0 Å². The molecule has 2 nitrogen and oxygen atoms in total. The Morgan fingerprint density at radius 3 is 1.12 bits per heavy atom. The molecule has 0 spiro atoms. The van der Waals surface area contributed by atoms with Gasteiger partial charge in [-0.1, -0.05) is 6.92 Å². The topological polar surface area (TPSA) is 40.1 Å². The van der Waals surface area contributed by atoms with Gasteiger partial charge in [0.05, 0.1) is 5.97 Å². The third kappa shape index (κ3) is 3.94. The Morgan fingerprint density at radius 2 is 0.875 bits per heavy atom. The van der Waals surface area contributed by atoms with E-state index in [9.17, 15) is 84.5 Å². The molecule has 0 amide bonds. The van der Waals surface area contributed by atoms with Crippen molar-refractivity contribution in [2.45, 2.75) is 61.0 Å². The molecule has 0 aromatic carbocycles. The maximum atomic E-state index is 13.5. The average molecular weight is 517 g/mol. The molecule has 0 N–H and O–H groups in total. The van der Waals surface area contributed by atoms with Crippen molar-refractivity contribution < 1.29 is 84.5 Å². The quantitative estimate of drug-likeness (QED) is 0.316. The fourth-order valence-electron chi connectivity index (χ4n) is 1.79. The van der Waals surface area contributed by atoms with Crippen LogP contribution in [-0.4, -0.2) is 53.6 Å². The number of aliphatic carboxylic acids is 1. The predicted molar refractivity (Wildman–Crippen MR) is 64.1 cm³/mol. The van der Waals surface area contributed by atoms with E-state index >= 15 is 0 Å². The Balaban J connectivity index is 6.88. The fraction of sp³-hybridized carbons (Fsp3) is 0.769. The van der Waals surface area contributed by atoms with E-state index in [1.165, 1.54) is 0 Å². The minimum absolute atomic E-state index is 0.566. The molecule has 0 radical (unpaired) electrons. The molecule has 32 heavy (non-hydrogen) atoms. The molecule has 0 atom stereocenters. The van der Waals surface area contributed by atoms with Crippen molar-refractivity contribution in [3.63, 3.8) is 0 Å². The van der Waals surface area contributed by atoms with Crippen LogP contribution in [0.3, 0.4) is 0 Å². The standard InChI is InChI=1S/C13H7F17O2/c1-2-4(5(31)32)3-6(14,15)7(16,17)8(18,19)9(20,21)10(22,23)11(24,25)12(26,27)13(28,29)30/h3H,2H2,1H3,(H,31,32)/p-1. The molecule has 19 heteroatoms. The smallest absolute Gasteiger partial charge is 0.460 e. The van der Waals surface area contributed by atoms with Gasteiger partial charge in [-0.3, -0.25) is 0 Å². The summed E-state index contributed by atoms with van der Waals surface area (Å²) >= 11 is 0. The van der Waals surface area contributed by atoms with Crippen LogP contribution in [0.1, 0.15) is 13.3 Å². The summed E-state index contributed by atoms with van der Waals surface area (Å²) in [6.07, 6.45) is -10.8. The van der Waals surface area contributed by atoms with E-state index in [2.05, 4.69) is 0 Å². The van der Waals surface area contributed by atoms with Crippen LogP contribution in [0.15, 0.2) is 11.6 Å². The van der Waals surface area contributed by atoms with E-state index < -0.39 is 71.7 Å². The van der Waals surface area contributed by atoms with Gasteiger partial charge in [0.15, 0.2) is 0 Å². The number of carbonyl (C=O) groups is 1. The van der Waals surface area contributed by atoms with E-state index in [-0.39, 0.29) is 0 Å². The molecule has 0 fully saturated rings. The normalized spacial score (nSPS) is 16.4. The van der Waals surface area contributed by atoms with Gasteiger partial charge in [-0.2, -0.15) is 74.6 Å². The zero-order valence-corrected chi connectivity index (χ0v) is 14.5. The molecule has 0 rings (SSSR count). The molecule has 0 heterocycles. The number of carboxylic acid groups (broad SMARTS) is 1. The number of hydrogen-bond donors (Lipinski definition) is 0. The summed E-state index contributed by atoms with van der Waals surface area (Å²) in [5.74, 6) is -60.4. The van der Waals surface area contributed by atoms with Gasteiger partial charge in [0.1, 0.15) is 0 Å². The summed E-state index contributed by atoms with van der Waals surface area (Å²) in [5.41, 5.74) is -2.02. The van der Waals surface area contributed by atoms with Gasteiger partial charge in [0.2, 0.25) is 0 Å². The number of hydrogen-bond acceptors (Lipinski definition) is 2. The van der Waals surface area contributed by atoms with Crippen LogP contribution < -0.4 is 5.11 Å². The summed E-state index contributed by atoms with van der Waals surface area (Å²) in [6, 6.07) is 0. The van der Waals surface area contributed by atoms with Gasteiger partial charge in [-0.25, -0.2) is 0 Å². The first-order valence-electron chi connectivity index (χ1n) is 7.26. The fourth-order valence-corrected chi connectivity index (χ4v) is 1.79. The Morgan fingerprint density at radius 1 is 0.594 bits per heavy atom. The van der Waals surface area contributed by atoms with Crippen LogP contribution in [-0.2, 0) is 4.79 Å². The molecule has 0 saturated heterocycles. The molecule has 0 aromatic rings. The number of alkyl halides is 17. The second-order valence-electron chi connectivity index (χ2n) is 5.88. The molecule has 0 aromatic heterocycles. The van der Waals surface area contributed by atoms with Crippen molar-refractivity contribution in [2.75, 3.05) is 0 Å². The zero-order chi connectivity index (χ0) is 26.6. The Kier molecular flexibility index (Phi) is 7.32. The summed E-state index contributed by atoms with van der Waals surface area (Å²) in [4.78, 5) is 10.4. The third-order valence-corrected chi connectivity index (χ3v) is 3.74. The molecule has 0 unspecified atom stereocenters. The summed E-state index contributed by atoms with van der Waals surface area (Å²) in [7, 11) is 0. The van der Waals surface area contributed by atoms with Crippen molar-refractivity contribution in [3.05, 3.63) is 11.6 Å². The lowest BCUT2D eigenvalue weighted by Crippen LogP contribution is -2.74. The Hall–Kier alpha value is -1.98. The van der Waals surface area contributed by atoms with E-state index in [4.69, 9.17) is 0 Å². The summed E-state index contributed by atoms with van der Waals surface area (Å²) < 4.78 is 221. The van der Waals surface area contributed by atoms with Crippen molar-refractivity contribution in [3.8, 4) is 0 Å². The summed E-state index contributed by atoms with van der Waals surface area (Å²) in [6.45, 7) is 0.566. The predicted octanol–water partition coefficient (Wildman–Crippen LogP) is 5.08. The molecular formula is C13H6F17O2-. The minimum atomic E-state index is -8.73. The highest BCUT2D eigenvalue weighted by Crippen LogP contribution is 2.64.